The van der Waals surface area contributed by atoms with Gasteiger partial charge in [0.05, 0.1) is 24.0 Å². The summed E-state index contributed by atoms with van der Waals surface area (Å²) in [5.41, 5.74) is 7.77. The number of fused-ring (bicyclic) bond motifs is 5. The zero-order valence-electron chi connectivity index (χ0n) is 23.9. The average Bonchev–Trinajstić information content (AvgIpc) is 2.91. The number of guanidine groups is 1. The summed E-state index contributed by atoms with van der Waals surface area (Å²) in [4.78, 5) is 33.6. The smallest absolute Gasteiger partial charge is 0.273 e. The van der Waals surface area contributed by atoms with Crippen molar-refractivity contribution in [3.05, 3.63) is 64.2 Å². The van der Waals surface area contributed by atoms with Crippen molar-refractivity contribution in [1.82, 2.24) is 10.2 Å². The molecule has 2 amide bonds. The summed E-state index contributed by atoms with van der Waals surface area (Å²) in [5, 5.41) is 3.15. The number of carbonyl (C=O) groups excluding carboxylic acids is 2. The molecule has 0 radical (unpaired) electrons. The lowest BCUT2D eigenvalue weighted by atomic mass is 9.81. The molecule has 0 unspecified atom stereocenters. The van der Waals surface area contributed by atoms with Crippen LogP contribution in [-0.2, 0) is 17.1 Å². The van der Waals surface area contributed by atoms with Crippen molar-refractivity contribution in [2.45, 2.75) is 108 Å². The first-order chi connectivity index (χ1) is 19.4. The zero-order chi connectivity index (χ0) is 29.2. The fourth-order valence-corrected chi connectivity index (χ4v) is 7.09. The second-order valence-electron chi connectivity index (χ2n) is 12.7. The predicted octanol–water partition coefficient (Wildman–Crippen LogP) is 6.07. The lowest BCUT2D eigenvalue weighted by molar-refractivity contribution is -0.132. The number of aliphatic imine (C=N–C) groups is 1. The van der Waals surface area contributed by atoms with Gasteiger partial charge < -0.3 is 15.8 Å². The molecule has 3 N–H and O–H groups in total. The number of hydrogen-bond acceptors (Lipinski definition) is 5. The Bertz CT molecular complexity index is 1440. The van der Waals surface area contributed by atoms with Gasteiger partial charge in [0, 0.05) is 29.5 Å². The minimum atomic E-state index is -3.07. The molecule has 0 saturated heterocycles. The molecule has 0 spiro atoms. The zero-order valence-corrected chi connectivity index (χ0v) is 23.9. The fraction of sp³-hybridized carbons (Fsp3) is 0.531. The van der Waals surface area contributed by atoms with E-state index in [1.807, 2.05) is 26.8 Å². The standard InChI is InChI=1S/C32H38F2N4O3/c1-4-31-13-6-5-7-19-8-11-26-22(15-19)24(17-30(2,3)41-26)36-28(40)20-9-10-23-21(16-20)25(12-14-32(23,33)34)38(27(39)18-31)29(35)37-31/h8-11,15-16,24-25H,4-7,12-14,17-18H2,1-3H3,(H2,35,37)(H,36,40)/t24-,25+,31+/m0/s1. The van der Waals surface area contributed by atoms with E-state index in [9.17, 15) is 9.59 Å². The van der Waals surface area contributed by atoms with Crippen LogP contribution in [0.2, 0.25) is 0 Å². The molecule has 5 aliphatic rings. The number of nitrogens with two attached hydrogens (primary N) is 1. The third-order valence-electron chi connectivity index (χ3n) is 9.31. The van der Waals surface area contributed by atoms with Crippen LogP contribution < -0.4 is 15.8 Å². The molecule has 0 saturated carbocycles. The van der Waals surface area contributed by atoms with Crippen LogP contribution in [0.1, 0.15) is 117 Å². The molecular weight excluding hydrogens is 526 g/mol. The number of rotatable bonds is 1. The first-order valence-corrected chi connectivity index (χ1v) is 14.7. The lowest BCUT2D eigenvalue weighted by Crippen LogP contribution is -2.53. The quantitative estimate of drug-likeness (QED) is 0.440. The van der Waals surface area contributed by atoms with Gasteiger partial charge in [0.1, 0.15) is 11.4 Å². The molecule has 9 heteroatoms. The Morgan fingerprint density at radius 3 is 2.66 bits per heavy atom. The van der Waals surface area contributed by atoms with Crippen molar-refractivity contribution < 1.29 is 23.1 Å². The minimum absolute atomic E-state index is 0.0243. The van der Waals surface area contributed by atoms with Gasteiger partial charge in [-0.2, -0.15) is 0 Å². The summed E-state index contributed by atoms with van der Waals surface area (Å²) < 4.78 is 36.5. The number of amides is 2. The van der Waals surface area contributed by atoms with E-state index < -0.39 is 29.5 Å². The highest BCUT2D eigenvalue weighted by molar-refractivity contribution is 6.00. The number of benzene rings is 2. The van der Waals surface area contributed by atoms with Crippen LogP contribution in [0.15, 0.2) is 41.4 Å². The van der Waals surface area contributed by atoms with Crippen LogP contribution in [-0.4, -0.2) is 33.8 Å². The van der Waals surface area contributed by atoms with Crippen molar-refractivity contribution in [2.24, 2.45) is 10.7 Å². The van der Waals surface area contributed by atoms with Crippen LogP contribution in [0, 0.1) is 0 Å². The SMILES string of the molecule is CC[C@@]12CCCCc3ccc4c(c3)[C@H](CC(C)(C)O4)NC(=O)c3ccc4c(c3)[C@@H](CCC4(F)F)N(C(=O)C1)C(N)=N2. The molecule has 4 aliphatic heterocycles. The number of halogens is 2. The van der Waals surface area contributed by atoms with Gasteiger partial charge in [0.2, 0.25) is 5.91 Å². The molecule has 0 fully saturated rings. The summed E-state index contributed by atoms with van der Waals surface area (Å²) in [6, 6.07) is 9.41. The molecule has 7 rings (SSSR count). The summed E-state index contributed by atoms with van der Waals surface area (Å²) in [6.45, 7) is 5.99. The van der Waals surface area contributed by atoms with Crippen molar-refractivity contribution >= 4 is 17.8 Å². The minimum Gasteiger partial charge on any atom is -0.487 e. The second-order valence-corrected chi connectivity index (χ2v) is 12.7. The van der Waals surface area contributed by atoms with E-state index in [1.54, 1.807) is 0 Å². The topological polar surface area (TPSA) is 97.0 Å². The first kappa shape index (κ1) is 27.7. The molecular formula is C32H38F2N4O3. The molecule has 7 nitrogen and oxygen atoms in total. The normalized spacial score (nSPS) is 28.6. The first-order valence-electron chi connectivity index (χ1n) is 14.7. The van der Waals surface area contributed by atoms with E-state index in [-0.39, 0.29) is 53.3 Å². The van der Waals surface area contributed by atoms with Crippen LogP contribution in [0.25, 0.3) is 0 Å². The number of alkyl halides is 2. The third kappa shape index (κ3) is 4.97. The van der Waals surface area contributed by atoms with Crippen molar-refractivity contribution in [3.63, 3.8) is 0 Å². The van der Waals surface area contributed by atoms with E-state index in [2.05, 4.69) is 17.4 Å². The van der Waals surface area contributed by atoms with Crippen LogP contribution in [0.3, 0.4) is 0 Å². The Labute approximate surface area is 239 Å². The van der Waals surface area contributed by atoms with E-state index in [0.717, 1.165) is 36.1 Å². The number of nitrogens with one attached hydrogen (secondary N) is 1. The Balaban J connectivity index is 1.47. The Hall–Kier alpha value is -3.49. The molecule has 4 heterocycles. The number of nitrogens with zero attached hydrogens (tertiary/aromatic N) is 2. The summed E-state index contributed by atoms with van der Waals surface area (Å²) in [6.07, 6.45) is 4.34. The lowest BCUT2D eigenvalue weighted by Gasteiger charge is -2.43. The van der Waals surface area contributed by atoms with Gasteiger partial charge in [-0.1, -0.05) is 31.5 Å². The predicted molar refractivity (Wildman–Crippen MR) is 152 cm³/mol. The Morgan fingerprint density at radius 1 is 1.10 bits per heavy atom. The fourth-order valence-electron chi connectivity index (χ4n) is 7.09. The maximum atomic E-state index is 15.1. The van der Waals surface area contributed by atoms with Gasteiger partial charge in [0.15, 0.2) is 5.96 Å². The number of hydrogen-bond donors (Lipinski definition) is 2. The Kier molecular flexibility index (Phi) is 6.62. The van der Waals surface area contributed by atoms with Gasteiger partial charge in [-0.25, -0.2) is 13.8 Å². The molecule has 3 atom stereocenters. The van der Waals surface area contributed by atoms with Crippen LogP contribution >= 0.6 is 0 Å². The molecule has 6 bridgehead atoms. The van der Waals surface area contributed by atoms with Crippen LogP contribution in [0.5, 0.6) is 5.75 Å². The molecule has 1 aliphatic carbocycles. The molecule has 2 aromatic rings. The van der Waals surface area contributed by atoms with E-state index in [4.69, 9.17) is 15.5 Å². The van der Waals surface area contributed by atoms with Gasteiger partial charge in [-0.15, -0.1) is 0 Å². The monoisotopic (exact) mass is 564 g/mol. The van der Waals surface area contributed by atoms with Crippen molar-refractivity contribution in [1.29, 1.82) is 0 Å². The largest absolute Gasteiger partial charge is 0.487 e. The van der Waals surface area contributed by atoms with Gasteiger partial charge >= 0.3 is 0 Å². The number of aryl methyl sites for hydroxylation is 1. The highest BCUT2D eigenvalue weighted by atomic mass is 19.3. The number of carbonyl (C=O) groups is 2. The van der Waals surface area contributed by atoms with E-state index in [0.29, 0.717) is 19.3 Å². The molecule has 0 aromatic heterocycles. The third-order valence-corrected chi connectivity index (χ3v) is 9.31. The van der Waals surface area contributed by atoms with Crippen LogP contribution in [0.4, 0.5) is 8.78 Å². The highest BCUT2D eigenvalue weighted by Crippen LogP contribution is 2.48. The average molecular weight is 565 g/mol. The van der Waals surface area contributed by atoms with Crippen molar-refractivity contribution in [3.8, 4) is 5.75 Å². The molecule has 2 aromatic carbocycles. The molecule has 218 valence electrons. The number of ether oxygens (including phenoxy) is 1. The summed E-state index contributed by atoms with van der Waals surface area (Å²) >= 11 is 0. The second kappa shape index (κ2) is 9.81. The van der Waals surface area contributed by atoms with E-state index >= 15 is 8.78 Å². The summed E-state index contributed by atoms with van der Waals surface area (Å²) in [7, 11) is 0. The van der Waals surface area contributed by atoms with E-state index in [1.165, 1.54) is 23.1 Å². The maximum absolute atomic E-state index is 15.1. The summed E-state index contributed by atoms with van der Waals surface area (Å²) in [5.74, 6) is -2.83. The Morgan fingerprint density at radius 2 is 1.90 bits per heavy atom. The van der Waals surface area contributed by atoms with Gasteiger partial charge in [-0.05, 0) is 75.3 Å². The van der Waals surface area contributed by atoms with Gasteiger partial charge in [0.25, 0.3) is 11.8 Å². The van der Waals surface area contributed by atoms with Gasteiger partial charge in [-0.3, -0.25) is 14.5 Å². The maximum Gasteiger partial charge on any atom is 0.273 e. The highest BCUT2D eigenvalue weighted by Gasteiger charge is 2.47. The molecule has 41 heavy (non-hydrogen) atoms. The van der Waals surface area contributed by atoms with Crippen molar-refractivity contribution in [2.75, 3.05) is 0 Å².